The van der Waals surface area contributed by atoms with Crippen LogP contribution in [0.2, 0.25) is 0 Å². The molecule has 0 aliphatic carbocycles. The molecule has 164 valence electrons. The van der Waals surface area contributed by atoms with Crippen LogP contribution < -0.4 is 5.32 Å². The highest BCUT2D eigenvalue weighted by Crippen LogP contribution is 2.26. The predicted molar refractivity (Wildman–Crippen MR) is 125 cm³/mol. The van der Waals surface area contributed by atoms with Crippen LogP contribution in [-0.2, 0) is 11.2 Å². The lowest BCUT2D eigenvalue weighted by atomic mass is 9.93. The standard InChI is InChI=1S/C24H34N2O3S/c1-23(2,3)29-22(28)26-16-30-15-20(26)21(27)14-25-24(4,5)13-17-10-11-18-8-6-7-9-19(18)12-17/h6-12,20-21,25,27H,13-16H2,1-5H3/t20-,21-/m1/s1. The van der Waals surface area contributed by atoms with E-state index in [1.165, 1.54) is 16.3 Å². The second kappa shape index (κ2) is 9.16. The third-order valence-electron chi connectivity index (χ3n) is 5.24. The Balaban J connectivity index is 1.58. The Kier molecular flexibility index (Phi) is 7.00. The van der Waals surface area contributed by atoms with Gasteiger partial charge in [-0.3, -0.25) is 4.90 Å². The van der Waals surface area contributed by atoms with Gasteiger partial charge in [-0.25, -0.2) is 4.79 Å². The van der Waals surface area contributed by atoms with Gasteiger partial charge >= 0.3 is 6.09 Å². The van der Waals surface area contributed by atoms with Gasteiger partial charge < -0.3 is 15.2 Å². The topological polar surface area (TPSA) is 61.8 Å². The number of carbonyl (C=O) groups is 1. The zero-order valence-electron chi connectivity index (χ0n) is 18.6. The Morgan fingerprint density at radius 2 is 1.90 bits per heavy atom. The normalized spacial score (nSPS) is 18.6. The minimum atomic E-state index is -0.650. The Bertz CT molecular complexity index is 878. The van der Waals surface area contributed by atoms with Gasteiger partial charge in [0.2, 0.25) is 0 Å². The van der Waals surface area contributed by atoms with Gasteiger partial charge in [0.25, 0.3) is 0 Å². The highest BCUT2D eigenvalue weighted by molar-refractivity contribution is 7.99. The van der Waals surface area contributed by atoms with E-state index in [2.05, 4.69) is 61.6 Å². The molecule has 1 saturated heterocycles. The van der Waals surface area contributed by atoms with Gasteiger partial charge in [-0.1, -0.05) is 42.5 Å². The Morgan fingerprint density at radius 3 is 2.60 bits per heavy atom. The summed E-state index contributed by atoms with van der Waals surface area (Å²) in [6, 6.07) is 14.7. The molecular formula is C24H34N2O3S. The number of aliphatic hydroxyl groups excluding tert-OH is 1. The first-order valence-corrected chi connectivity index (χ1v) is 11.7. The van der Waals surface area contributed by atoms with Gasteiger partial charge in [0.05, 0.1) is 18.0 Å². The molecular weight excluding hydrogens is 396 g/mol. The number of nitrogens with one attached hydrogen (secondary N) is 1. The van der Waals surface area contributed by atoms with Crippen LogP contribution in [0.15, 0.2) is 42.5 Å². The van der Waals surface area contributed by atoms with Gasteiger partial charge in [0, 0.05) is 17.8 Å². The van der Waals surface area contributed by atoms with Gasteiger partial charge in [0.1, 0.15) is 5.60 Å². The molecule has 2 aromatic rings. The minimum absolute atomic E-state index is 0.189. The predicted octanol–water partition coefficient (Wildman–Crippen LogP) is 4.42. The van der Waals surface area contributed by atoms with E-state index in [-0.39, 0.29) is 17.7 Å². The summed E-state index contributed by atoms with van der Waals surface area (Å²) in [7, 11) is 0. The molecule has 30 heavy (non-hydrogen) atoms. The maximum atomic E-state index is 12.5. The van der Waals surface area contributed by atoms with Crippen LogP contribution in [0, 0.1) is 0 Å². The number of fused-ring (bicyclic) bond motifs is 1. The highest BCUT2D eigenvalue weighted by Gasteiger charge is 2.37. The Hall–Kier alpha value is -1.76. The molecule has 1 heterocycles. The average Bonchev–Trinajstić information content (AvgIpc) is 3.14. The molecule has 1 fully saturated rings. The molecule has 5 nitrogen and oxygen atoms in total. The highest BCUT2D eigenvalue weighted by atomic mass is 32.2. The number of carbonyl (C=O) groups excluding carboxylic acids is 1. The number of hydrogen-bond acceptors (Lipinski definition) is 5. The van der Waals surface area contributed by atoms with E-state index in [0.29, 0.717) is 18.2 Å². The van der Waals surface area contributed by atoms with Gasteiger partial charge in [-0.05, 0) is 57.4 Å². The molecule has 0 bridgehead atoms. The molecule has 0 aromatic heterocycles. The quantitative estimate of drug-likeness (QED) is 0.710. The van der Waals surface area contributed by atoms with Crippen molar-refractivity contribution in [2.45, 2.75) is 64.3 Å². The number of hydrogen-bond donors (Lipinski definition) is 2. The molecule has 2 atom stereocenters. The first-order valence-electron chi connectivity index (χ1n) is 10.5. The second-order valence-electron chi connectivity index (χ2n) is 9.71. The fourth-order valence-electron chi connectivity index (χ4n) is 3.72. The summed E-state index contributed by atoms with van der Waals surface area (Å²) in [5.41, 5.74) is 0.527. The largest absolute Gasteiger partial charge is 0.444 e. The molecule has 2 N–H and O–H groups in total. The zero-order valence-corrected chi connectivity index (χ0v) is 19.5. The Morgan fingerprint density at radius 1 is 1.20 bits per heavy atom. The lowest BCUT2D eigenvalue weighted by Crippen LogP contribution is -2.52. The van der Waals surface area contributed by atoms with Crippen LogP contribution >= 0.6 is 11.8 Å². The summed E-state index contributed by atoms with van der Waals surface area (Å²) < 4.78 is 5.50. The number of benzene rings is 2. The molecule has 1 amide bonds. The number of aliphatic hydroxyl groups is 1. The van der Waals surface area contributed by atoms with Crippen LogP contribution in [0.1, 0.15) is 40.2 Å². The van der Waals surface area contributed by atoms with Crippen molar-refractivity contribution in [3.05, 3.63) is 48.0 Å². The van der Waals surface area contributed by atoms with Crippen LogP contribution in [0.5, 0.6) is 0 Å². The molecule has 6 heteroatoms. The molecule has 2 aromatic carbocycles. The maximum Gasteiger partial charge on any atom is 0.411 e. The molecule has 1 aliphatic rings. The van der Waals surface area contributed by atoms with Crippen LogP contribution in [0.3, 0.4) is 0 Å². The molecule has 0 unspecified atom stereocenters. The number of nitrogens with zero attached hydrogens (tertiary/aromatic N) is 1. The maximum absolute atomic E-state index is 12.5. The monoisotopic (exact) mass is 430 g/mol. The molecule has 0 saturated carbocycles. The van der Waals surface area contributed by atoms with Crippen molar-refractivity contribution in [1.29, 1.82) is 0 Å². The zero-order chi connectivity index (χ0) is 21.9. The second-order valence-corrected chi connectivity index (χ2v) is 10.7. The summed E-state index contributed by atoms with van der Waals surface area (Å²) in [5.74, 6) is 1.27. The third-order valence-corrected chi connectivity index (χ3v) is 6.28. The van der Waals surface area contributed by atoms with Gasteiger partial charge in [-0.15, -0.1) is 11.8 Å². The molecule has 0 radical (unpaired) electrons. The number of thioether (sulfide) groups is 1. The lowest BCUT2D eigenvalue weighted by Gasteiger charge is -2.33. The average molecular weight is 431 g/mol. The van der Waals surface area contributed by atoms with Crippen molar-refractivity contribution in [3.63, 3.8) is 0 Å². The first-order chi connectivity index (χ1) is 14.0. The van der Waals surface area contributed by atoms with Gasteiger partial charge in [0.15, 0.2) is 0 Å². The molecule has 1 aliphatic heterocycles. The fraction of sp³-hybridized carbons (Fsp3) is 0.542. The van der Waals surface area contributed by atoms with Crippen molar-refractivity contribution in [3.8, 4) is 0 Å². The molecule has 3 rings (SSSR count). The van der Waals surface area contributed by atoms with Crippen LogP contribution in [0.25, 0.3) is 10.8 Å². The number of rotatable bonds is 6. The van der Waals surface area contributed by atoms with Gasteiger partial charge in [-0.2, -0.15) is 0 Å². The summed E-state index contributed by atoms with van der Waals surface area (Å²) in [6.45, 7) is 10.3. The number of ether oxygens (including phenoxy) is 1. The van der Waals surface area contributed by atoms with Crippen molar-refractivity contribution >= 4 is 28.6 Å². The third kappa shape index (κ3) is 6.13. The van der Waals surface area contributed by atoms with E-state index in [0.717, 1.165) is 6.42 Å². The number of amides is 1. The van der Waals surface area contributed by atoms with Crippen molar-refractivity contribution in [2.24, 2.45) is 0 Å². The van der Waals surface area contributed by atoms with Crippen LogP contribution in [-0.4, -0.2) is 57.6 Å². The van der Waals surface area contributed by atoms with E-state index in [1.807, 2.05) is 20.8 Å². The van der Waals surface area contributed by atoms with E-state index >= 15 is 0 Å². The summed E-state index contributed by atoms with van der Waals surface area (Å²) in [4.78, 5) is 14.1. The smallest absolute Gasteiger partial charge is 0.411 e. The summed E-state index contributed by atoms with van der Waals surface area (Å²) >= 11 is 1.65. The lowest BCUT2D eigenvalue weighted by molar-refractivity contribution is 0.00653. The van der Waals surface area contributed by atoms with Crippen molar-refractivity contribution in [1.82, 2.24) is 10.2 Å². The summed E-state index contributed by atoms with van der Waals surface area (Å²) in [5, 5.41) is 16.8. The number of β-amino-alcohol motifs (C(OH)–C–C–N with tert-alkyl or cyclic N) is 1. The van der Waals surface area contributed by atoms with E-state index in [1.54, 1.807) is 16.7 Å². The van der Waals surface area contributed by atoms with E-state index < -0.39 is 11.7 Å². The van der Waals surface area contributed by atoms with Crippen molar-refractivity contribution in [2.75, 3.05) is 18.2 Å². The van der Waals surface area contributed by atoms with E-state index in [4.69, 9.17) is 4.74 Å². The minimum Gasteiger partial charge on any atom is -0.444 e. The van der Waals surface area contributed by atoms with Crippen LogP contribution in [0.4, 0.5) is 4.79 Å². The van der Waals surface area contributed by atoms with E-state index in [9.17, 15) is 9.90 Å². The fourth-order valence-corrected chi connectivity index (χ4v) is 4.97. The molecule has 0 spiro atoms. The Labute approximate surface area is 184 Å². The SMILES string of the molecule is CC(C)(Cc1ccc2ccccc2c1)NC[C@@H](O)[C@H]1CSCN1C(=O)OC(C)(C)C. The van der Waals surface area contributed by atoms with Crippen molar-refractivity contribution < 1.29 is 14.6 Å². The first kappa shape index (κ1) is 22.9. The summed E-state index contributed by atoms with van der Waals surface area (Å²) in [6.07, 6.45) is -0.157.